The SMILES string of the molecule is CCCCn1c(C(F)(F)F)nc2c(Cl)c(Cl)c(Cl)c(Cl)c21. The number of rotatable bonds is 3. The van der Waals surface area contributed by atoms with Crippen molar-refractivity contribution in [3.05, 3.63) is 25.9 Å². The van der Waals surface area contributed by atoms with Crippen molar-refractivity contribution in [2.45, 2.75) is 32.5 Å². The summed E-state index contributed by atoms with van der Waals surface area (Å²) in [5.74, 6) is -1.06. The smallest absolute Gasteiger partial charge is 0.319 e. The van der Waals surface area contributed by atoms with Crippen molar-refractivity contribution >= 4 is 57.4 Å². The summed E-state index contributed by atoms with van der Waals surface area (Å²) in [5, 5.41) is -0.408. The van der Waals surface area contributed by atoms with Crippen LogP contribution in [0.3, 0.4) is 0 Å². The van der Waals surface area contributed by atoms with E-state index in [-0.39, 0.29) is 37.7 Å². The Balaban J connectivity index is 2.87. The molecule has 0 fully saturated rings. The highest BCUT2D eigenvalue weighted by Gasteiger charge is 2.38. The van der Waals surface area contributed by atoms with Gasteiger partial charge in [-0.2, -0.15) is 13.2 Å². The van der Waals surface area contributed by atoms with Gasteiger partial charge in [0.15, 0.2) is 0 Å². The number of halogens is 7. The zero-order valence-corrected chi connectivity index (χ0v) is 13.7. The van der Waals surface area contributed by atoms with Crippen molar-refractivity contribution in [3.63, 3.8) is 0 Å². The summed E-state index contributed by atoms with van der Waals surface area (Å²) in [6.45, 7) is 1.97. The highest BCUT2D eigenvalue weighted by Crippen LogP contribution is 2.44. The van der Waals surface area contributed by atoms with Crippen LogP contribution in [0.5, 0.6) is 0 Å². The lowest BCUT2D eigenvalue weighted by Gasteiger charge is -2.12. The Morgan fingerprint density at radius 2 is 1.57 bits per heavy atom. The zero-order chi connectivity index (χ0) is 15.9. The third-order valence-electron chi connectivity index (χ3n) is 2.95. The van der Waals surface area contributed by atoms with Crippen molar-refractivity contribution in [2.75, 3.05) is 0 Å². The van der Waals surface area contributed by atoms with Crippen LogP contribution in [-0.2, 0) is 12.7 Å². The second-order valence-corrected chi connectivity index (χ2v) is 5.90. The minimum absolute atomic E-state index is 0.0526. The molecule has 0 unspecified atom stereocenters. The Labute approximate surface area is 138 Å². The Morgan fingerprint density at radius 3 is 2.10 bits per heavy atom. The Bertz CT molecular complexity index is 694. The Morgan fingerprint density at radius 1 is 1.00 bits per heavy atom. The highest BCUT2D eigenvalue weighted by molar-refractivity contribution is 6.55. The predicted octanol–water partition coefficient (Wildman–Crippen LogP) is 6.47. The lowest BCUT2D eigenvalue weighted by atomic mass is 10.3. The molecule has 0 saturated heterocycles. The summed E-state index contributed by atoms with van der Waals surface area (Å²) in [6.07, 6.45) is -3.38. The van der Waals surface area contributed by atoms with E-state index in [0.29, 0.717) is 12.8 Å². The third-order valence-corrected chi connectivity index (χ3v) is 4.73. The fourth-order valence-corrected chi connectivity index (χ4v) is 2.96. The first-order valence-electron chi connectivity index (χ1n) is 5.99. The average Bonchev–Trinajstić information content (AvgIpc) is 2.80. The molecule has 1 aromatic carbocycles. The second-order valence-electron chi connectivity index (χ2n) is 4.39. The van der Waals surface area contributed by atoms with Crippen LogP contribution in [0.1, 0.15) is 25.6 Å². The molecule has 2 aromatic rings. The quantitative estimate of drug-likeness (QED) is 0.441. The van der Waals surface area contributed by atoms with E-state index in [1.54, 1.807) is 0 Å². The number of imidazole rings is 1. The van der Waals surface area contributed by atoms with Crippen LogP contribution in [0.4, 0.5) is 13.2 Å². The summed E-state index contributed by atoms with van der Waals surface area (Å²) in [5.41, 5.74) is -0.0451. The van der Waals surface area contributed by atoms with Crippen LogP contribution in [0, 0.1) is 0 Å². The highest BCUT2D eigenvalue weighted by atomic mass is 35.5. The van der Waals surface area contributed by atoms with Crippen molar-refractivity contribution in [3.8, 4) is 0 Å². The summed E-state index contributed by atoms with van der Waals surface area (Å²) in [6, 6.07) is 0. The van der Waals surface area contributed by atoms with Gasteiger partial charge in [0.25, 0.3) is 0 Å². The van der Waals surface area contributed by atoms with E-state index < -0.39 is 12.0 Å². The molecular weight excluding hydrogens is 371 g/mol. The molecular formula is C12H9Cl4F3N2. The maximum absolute atomic E-state index is 13.1. The van der Waals surface area contributed by atoms with E-state index >= 15 is 0 Å². The lowest BCUT2D eigenvalue weighted by molar-refractivity contribution is -0.146. The lowest BCUT2D eigenvalue weighted by Crippen LogP contribution is -2.15. The minimum atomic E-state index is -4.63. The second kappa shape index (κ2) is 6.03. The first kappa shape index (κ1) is 17.0. The molecule has 0 atom stereocenters. The van der Waals surface area contributed by atoms with Crippen molar-refractivity contribution in [2.24, 2.45) is 0 Å². The van der Waals surface area contributed by atoms with Crippen LogP contribution in [0.25, 0.3) is 11.0 Å². The minimum Gasteiger partial charge on any atom is -0.319 e. The number of alkyl halides is 3. The van der Waals surface area contributed by atoms with Crippen LogP contribution >= 0.6 is 46.4 Å². The van der Waals surface area contributed by atoms with E-state index in [9.17, 15) is 13.2 Å². The van der Waals surface area contributed by atoms with Gasteiger partial charge >= 0.3 is 6.18 Å². The van der Waals surface area contributed by atoms with Crippen molar-refractivity contribution < 1.29 is 13.2 Å². The molecule has 0 aliphatic heterocycles. The number of nitrogens with zero attached hydrogens (tertiary/aromatic N) is 2. The van der Waals surface area contributed by atoms with E-state index in [1.165, 1.54) is 0 Å². The number of aryl methyl sites for hydroxylation is 1. The maximum Gasteiger partial charge on any atom is 0.449 e. The predicted molar refractivity (Wildman–Crippen MR) is 79.7 cm³/mol. The van der Waals surface area contributed by atoms with Crippen LogP contribution in [-0.4, -0.2) is 9.55 Å². The van der Waals surface area contributed by atoms with Crippen LogP contribution in [0.2, 0.25) is 20.1 Å². The van der Waals surface area contributed by atoms with Gasteiger partial charge in [-0.1, -0.05) is 59.7 Å². The summed E-state index contributed by atoms with van der Waals surface area (Å²) < 4.78 is 40.4. The van der Waals surface area contributed by atoms with Crippen molar-refractivity contribution in [1.29, 1.82) is 0 Å². The van der Waals surface area contributed by atoms with Gasteiger partial charge in [-0.3, -0.25) is 0 Å². The van der Waals surface area contributed by atoms with E-state index in [0.717, 1.165) is 4.57 Å². The number of benzene rings is 1. The molecule has 0 spiro atoms. The monoisotopic (exact) mass is 378 g/mol. The molecule has 0 aliphatic carbocycles. The van der Waals surface area contributed by atoms with E-state index in [4.69, 9.17) is 46.4 Å². The molecule has 0 saturated carbocycles. The zero-order valence-electron chi connectivity index (χ0n) is 10.7. The molecule has 1 heterocycles. The molecule has 2 rings (SSSR count). The van der Waals surface area contributed by atoms with Crippen LogP contribution < -0.4 is 0 Å². The number of fused-ring (bicyclic) bond motifs is 1. The van der Waals surface area contributed by atoms with Gasteiger partial charge in [-0.05, 0) is 6.42 Å². The molecule has 0 amide bonds. The largest absolute Gasteiger partial charge is 0.449 e. The molecule has 9 heteroatoms. The molecule has 0 radical (unpaired) electrons. The van der Waals surface area contributed by atoms with Gasteiger partial charge in [0, 0.05) is 6.54 Å². The van der Waals surface area contributed by atoms with E-state index in [2.05, 4.69) is 4.98 Å². The van der Waals surface area contributed by atoms with Gasteiger partial charge < -0.3 is 4.57 Å². The number of hydrogen-bond acceptors (Lipinski definition) is 1. The van der Waals surface area contributed by atoms with Crippen LogP contribution in [0.15, 0.2) is 0 Å². The van der Waals surface area contributed by atoms with Gasteiger partial charge in [-0.15, -0.1) is 0 Å². The van der Waals surface area contributed by atoms with Gasteiger partial charge in [-0.25, -0.2) is 4.98 Å². The number of aromatic nitrogens is 2. The molecule has 116 valence electrons. The normalized spacial score (nSPS) is 12.4. The fourth-order valence-electron chi connectivity index (χ4n) is 1.98. The summed E-state index contributed by atoms with van der Waals surface area (Å²) in [7, 11) is 0. The topological polar surface area (TPSA) is 17.8 Å². The Kier molecular flexibility index (Phi) is 4.88. The Hall–Kier alpha value is -0.360. The molecule has 21 heavy (non-hydrogen) atoms. The standard InChI is InChI=1S/C12H9Cl4F3N2/c1-2-3-4-21-10-8(16)6(14)5(13)7(15)9(10)20-11(21)12(17,18)19/h2-4H2,1H3. The van der Waals surface area contributed by atoms with Gasteiger partial charge in [0.2, 0.25) is 5.82 Å². The summed E-state index contributed by atoms with van der Waals surface area (Å²) in [4.78, 5) is 3.58. The van der Waals surface area contributed by atoms with Gasteiger partial charge in [0.05, 0.1) is 25.6 Å². The number of unbranched alkanes of at least 4 members (excludes halogenated alkanes) is 1. The fraction of sp³-hybridized carbons (Fsp3) is 0.417. The first-order valence-corrected chi connectivity index (χ1v) is 7.50. The molecule has 0 aliphatic rings. The summed E-state index contributed by atoms with van der Waals surface area (Å²) >= 11 is 23.8. The number of hydrogen-bond donors (Lipinski definition) is 0. The third kappa shape index (κ3) is 2.93. The average molecular weight is 380 g/mol. The van der Waals surface area contributed by atoms with Crippen molar-refractivity contribution in [1.82, 2.24) is 9.55 Å². The molecule has 2 nitrogen and oxygen atoms in total. The molecule has 0 bridgehead atoms. The van der Waals surface area contributed by atoms with E-state index in [1.807, 2.05) is 6.92 Å². The molecule has 0 N–H and O–H groups in total. The maximum atomic E-state index is 13.1. The van der Waals surface area contributed by atoms with Gasteiger partial charge in [0.1, 0.15) is 5.52 Å². The first-order chi connectivity index (χ1) is 9.70. The molecule has 1 aromatic heterocycles.